The van der Waals surface area contributed by atoms with Crippen molar-refractivity contribution < 1.29 is 28.6 Å². The molecule has 176 valence electrons. The zero-order valence-electron chi connectivity index (χ0n) is 19.0. The van der Waals surface area contributed by atoms with Crippen LogP contribution in [0.15, 0.2) is 90.7 Å². The number of aliphatic hydroxyl groups excluding tert-OH is 1. The van der Waals surface area contributed by atoms with Gasteiger partial charge < -0.3 is 19.5 Å². The molecule has 1 amide bonds. The minimum Gasteiger partial charge on any atom is -0.507 e. The summed E-state index contributed by atoms with van der Waals surface area (Å²) in [5.74, 6) is -1.36. The number of allylic oxidation sites excluding steroid dienone is 4. The van der Waals surface area contributed by atoms with Crippen molar-refractivity contribution in [2.45, 2.75) is 12.5 Å². The van der Waals surface area contributed by atoms with E-state index in [1.54, 1.807) is 60.7 Å². The van der Waals surface area contributed by atoms with Gasteiger partial charge in [0.25, 0.3) is 11.7 Å². The topological polar surface area (TPSA) is 76.1 Å². The van der Waals surface area contributed by atoms with Crippen LogP contribution in [0.5, 0.6) is 5.75 Å². The molecule has 0 bridgehead atoms. The first kappa shape index (κ1) is 24.5. The van der Waals surface area contributed by atoms with Gasteiger partial charge in [-0.2, -0.15) is 0 Å². The molecular formula is C27H26FNO5. The van der Waals surface area contributed by atoms with Gasteiger partial charge >= 0.3 is 0 Å². The quantitative estimate of drug-likeness (QED) is 0.258. The second-order valence-corrected chi connectivity index (χ2v) is 7.49. The summed E-state index contributed by atoms with van der Waals surface area (Å²) in [6, 6.07) is 11.5. The van der Waals surface area contributed by atoms with E-state index in [2.05, 4.69) is 6.58 Å². The molecule has 1 fully saturated rings. The SMILES string of the molecule is C=C/C=C\C=C(/OC)C1/C(=C(/O)c2ccc(OC)cc2)C(=O)C(=O)N1CCc1ccc(F)cc1. The van der Waals surface area contributed by atoms with Crippen LogP contribution in [0.1, 0.15) is 11.1 Å². The van der Waals surface area contributed by atoms with Gasteiger partial charge in [-0.25, -0.2) is 4.39 Å². The molecule has 1 aliphatic heterocycles. The number of benzene rings is 2. The maximum Gasteiger partial charge on any atom is 0.295 e. The lowest BCUT2D eigenvalue weighted by atomic mass is 9.99. The van der Waals surface area contributed by atoms with Crippen LogP contribution in [-0.2, 0) is 20.7 Å². The number of aliphatic hydroxyl groups is 1. The van der Waals surface area contributed by atoms with Gasteiger partial charge in [-0.1, -0.05) is 36.9 Å². The van der Waals surface area contributed by atoms with Crippen molar-refractivity contribution in [3.8, 4) is 5.75 Å². The second-order valence-electron chi connectivity index (χ2n) is 7.49. The van der Waals surface area contributed by atoms with E-state index in [1.165, 1.54) is 31.3 Å². The summed E-state index contributed by atoms with van der Waals surface area (Å²) in [4.78, 5) is 27.5. The predicted octanol–water partition coefficient (Wildman–Crippen LogP) is 4.40. The number of methoxy groups -OCH3 is 2. The van der Waals surface area contributed by atoms with Gasteiger partial charge in [-0.15, -0.1) is 0 Å². The first-order chi connectivity index (χ1) is 16.4. The molecule has 1 N–H and O–H groups in total. The molecule has 0 radical (unpaired) electrons. The van der Waals surface area contributed by atoms with Crippen molar-refractivity contribution in [1.82, 2.24) is 4.90 Å². The molecule has 1 atom stereocenters. The Hall–Kier alpha value is -4.13. The Labute approximate surface area is 197 Å². The number of hydrogen-bond acceptors (Lipinski definition) is 5. The summed E-state index contributed by atoms with van der Waals surface area (Å²) in [7, 11) is 2.95. The standard InChI is InChI=1S/C27H26FNO5/c1-4-5-6-7-22(34-3)24-23(25(30)19-10-14-21(33-2)15-11-19)26(31)27(32)29(24)17-16-18-8-12-20(28)13-9-18/h4-15,24,30H,1,16-17H2,2-3H3/b6-5-,22-7-,25-23-. The van der Waals surface area contributed by atoms with Crippen LogP contribution in [0, 0.1) is 5.82 Å². The van der Waals surface area contributed by atoms with Crippen molar-refractivity contribution in [3.63, 3.8) is 0 Å². The fourth-order valence-electron chi connectivity index (χ4n) is 3.71. The van der Waals surface area contributed by atoms with Crippen LogP contribution in [0.25, 0.3) is 5.76 Å². The van der Waals surface area contributed by atoms with Gasteiger partial charge in [-0.05, 0) is 54.5 Å². The molecular weight excluding hydrogens is 437 g/mol. The van der Waals surface area contributed by atoms with Crippen molar-refractivity contribution >= 4 is 17.4 Å². The number of amides is 1. The smallest absolute Gasteiger partial charge is 0.295 e. The Kier molecular flexibility index (Phi) is 8.03. The van der Waals surface area contributed by atoms with Gasteiger partial charge in [0.1, 0.15) is 29.1 Å². The van der Waals surface area contributed by atoms with Crippen LogP contribution in [-0.4, -0.2) is 48.5 Å². The lowest BCUT2D eigenvalue weighted by Gasteiger charge is -2.26. The van der Waals surface area contributed by atoms with E-state index in [0.29, 0.717) is 23.5 Å². The molecule has 0 aromatic heterocycles. The number of halogens is 1. The average Bonchev–Trinajstić information content (AvgIpc) is 3.10. The van der Waals surface area contributed by atoms with Crippen LogP contribution in [0.3, 0.4) is 0 Å². The Bertz CT molecular complexity index is 1150. The zero-order chi connectivity index (χ0) is 24.7. The van der Waals surface area contributed by atoms with Crippen LogP contribution in [0.4, 0.5) is 4.39 Å². The number of carbonyl (C=O) groups excluding carboxylic acids is 2. The molecule has 0 saturated carbocycles. The van der Waals surface area contributed by atoms with Crippen molar-refractivity contribution in [1.29, 1.82) is 0 Å². The van der Waals surface area contributed by atoms with E-state index in [-0.39, 0.29) is 23.7 Å². The number of ketones is 1. The van der Waals surface area contributed by atoms with Crippen molar-refractivity contribution in [2.75, 3.05) is 20.8 Å². The molecule has 2 aromatic rings. The minimum atomic E-state index is -0.943. The molecule has 1 aliphatic rings. The van der Waals surface area contributed by atoms with E-state index in [1.807, 2.05) is 0 Å². The summed E-state index contributed by atoms with van der Waals surface area (Å²) in [5, 5.41) is 11.1. The average molecular weight is 464 g/mol. The van der Waals surface area contributed by atoms with E-state index in [9.17, 15) is 19.1 Å². The van der Waals surface area contributed by atoms with E-state index >= 15 is 0 Å². The van der Waals surface area contributed by atoms with Crippen LogP contribution in [0.2, 0.25) is 0 Å². The number of rotatable bonds is 9. The predicted molar refractivity (Wildman–Crippen MR) is 128 cm³/mol. The lowest BCUT2D eigenvalue weighted by Crippen LogP contribution is -2.37. The monoisotopic (exact) mass is 463 g/mol. The molecule has 7 heteroatoms. The zero-order valence-corrected chi connectivity index (χ0v) is 19.0. The number of nitrogens with zero attached hydrogens (tertiary/aromatic N) is 1. The molecule has 34 heavy (non-hydrogen) atoms. The highest BCUT2D eigenvalue weighted by atomic mass is 19.1. The normalized spacial score (nSPS) is 17.9. The summed E-state index contributed by atoms with van der Waals surface area (Å²) >= 11 is 0. The van der Waals surface area contributed by atoms with Gasteiger partial charge in [0.2, 0.25) is 0 Å². The molecule has 1 unspecified atom stereocenters. The third-order valence-electron chi connectivity index (χ3n) is 5.47. The fraction of sp³-hybridized carbons (Fsp3) is 0.185. The number of carbonyl (C=O) groups is 2. The Morgan fingerprint density at radius 2 is 1.76 bits per heavy atom. The highest BCUT2D eigenvalue weighted by Crippen LogP contribution is 2.34. The first-order valence-electron chi connectivity index (χ1n) is 10.6. The molecule has 0 aliphatic carbocycles. The Balaban J connectivity index is 2.06. The summed E-state index contributed by atoms with van der Waals surface area (Å²) in [6.07, 6.45) is 6.91. The van der Waals surface area contributed by atoms with Gasteiger partial charge in [0.05, 0.1) is 19.8 Å². The van der Waals surface area contributed by atoms with Gasteiger partial charge in [-0.3, -0.25) is 9.59 Å². The maximum atomic E-state index is 13.3. The third kappa shape index (κ3) is 5.26. The number of Topliss-reactive ketones (excluding diaryl/α,β-unsaturated/α-hetero) is 1. The fourth-order valence-corrected chi connectivity index (χ4v) is 3.71. The van der Waals surface area contributed by atoms with E-state index in [0.717, 1.165) is 5.56 Å². The summed E-state index contributed by atoms with van der Waals surface area (Å²) in [6.45, 7) is 3.78. The minimum absolute atomic E-state index is 0.0747. The molecule has 6 nitrogen and oxygen atoms in total. The number of ether oxygens (including phenoxy) is 2. The molecule has 3 rings (SSSR count). The highest BCUT2D eigenvalue weighted by molar-refractivity contribution is 6.47. The van der Waals surface area contributed by atoms with Gasteiger partial charge in [0, 0.05) is 12.1 Å². The second kappa shape index (κ2) is 11.1. The molecule has 2 aromatic carbocycles. The Morgan fingerprint density at radius 3 is 2.35 bits per heavy atom. The highest BCUT2D eigenvalue weighted by Gasteiger charge is 2.47. The van der Waals surface area contributed by atoms with Crippen molar-refractivity contribution in [3.05, 3.63) is 108 Å². The lowest BCUT2D eigenvalue weighted by molar-refractivity contribution is -0.139. The number of hydrogen-bond donors (Lipinski definition) is 1. The van der Waals surface area contributed by atoms with Gasteiger partial charge in [0.15, 0.2) is 0 Å². The van der Waals surface area contributed by atoms with E-state index in [4.69, 9.17) is 9.47 Å². The first-order valence-corrected chi connectivity index (χ1v) is 10.6. The van der Waals surface area contributed by atoms with Crippen molar-refractivity contribution in [2.24, 2.45) is 0 Å². The molecule has 0 spiro atoms. The Morgan fingerprint density at radius 1 is 1.09 bits per heavy atom. The summed E-state index contributed by atoms with van der Waals surface area (Å²) < 4.78 is 24.0. The largest absolute Gasteiger partial charge is 0.507 e. The third-order valence-corrected chi connectivity index (χ3v) is 5.47. The maximum absolute atomic E-state index is 13.3. The molecule has 1 saturated heterocycles. The summed E-state index contributed by atoms with van der Waals surface area (Å²) in [5.41, 5.74) is 1.08. The van der Waals surface area contributed by atoms with E-state index < -0.39 is 17.7 Å². The molecule has 1 heterocycles. The number of likely N-dealkylation sites (tertiary alicyclic amines) is 1. The van der Waals surface area contributed by atoms with Crippen LogP contribution >= 0.6 is 0 Å². The van der Waals surface area contributed by atoms with Crippen LogP contribution < -0.4 is 4.74 Å².